The third-order valence-corrected chi connectivity index (χ3v) is 4.60. The molecule has 0 atom stereocenters. The Bertz CT molecular complexity index is 530. The van der Waals surface area contributed by atoms with Crippen molar-refractivity contribution in [3.63, 3.8) is 0 Å². The molecule has 104 valence electrons. The molecule has 0 unspecified atom stereocenters. The highest BCUT2D eigenvalue weighted by Gasteiger charge is 2.19. The maximum absolute atomic E-state index is 12.1. The molecule has 0 spiro atoms. The van der Waals surface area contributed by atoms with Crippen LogP contribution in [-0.2, 0) is 16.4 Å². The van der Waals surface area contributed by atoms with Gasteiger partial charge in [-0.05, 0) is 37.2 Å². The van der Waals surface area contributed by atoms with Crippen LogP contribution >= 0.6 is 0 Å². The van der Waals surface area contributed by atoms with E-state index in [0.717, 1.165) is 25.1 Å². The predicted molar refractivity (Wildman–Crippen MR) is 77.3 cm³/mol. The average molecular weight is 280 g/mol. The molecule has 0 saturated heterocycles. The Morgan fingerprint density at radius 3 is 2.47 bits per heavy atom. The van der Waals surface area contributed by atoms with Gasteiger partial charge < -0.3 is 5.32 Å². The van der Waals surface area contributed by atoms with Gasteiger partial charge in [0, 0.05) is 7.05 Å². The van der Waals surface area contributed by atoms with E-state index >= 15 is 0 Å². The molecule has 1 rings (SSSR count). The summed E-state index contributed by atoms with van der Waals surface area (Å²) >= 11 is 0. The molecule has 0 aliphatic rings. The van der Waals surface area contributed by atoms with E-state index in [9.17, 15) is 8.42 Å². The quantitative estimate of drug-likeness (QED) is 0.601. The standard InChI is InChI=1S/C14H20N2O2S/c1-4-12-16(3)19(17,18)14-8-6-13(7-9-14)10-11-15-5-2/h1,6-9,15H,5,10-12H2,2-3H3. The minimum Gasteiger partial charge on any atom is -0.317 e. The topological polar surface area (TPSA) is 49.4 Å². The molecule has 19 heavy (non-hydrogen) atoms. The summed E-state index contributed by atoms with van der Waals surface area (Å²) in [5.41, 5.74) is 1.11. The highest BCUT2D eigenvalue weighted by molar-refractivity contribution is 7.89. The van der Waals surface area contributed by atoms with Crippen molar-refractivity contribution in [3.05, 3.63) is 29.8 Å². The summed E-state index contributed by atoms with van der Waals surface area (Å²) in [5.74, 6) is 2.33. The lowest BCUT2D eigenvalue weighted by Gasteiger charge is -2.14. The molecule has 1 aromatic carbocycles. The van der Waals surface area contributed by atoms with Gasteiger partial charge in [-0.2, -0.15) is 4.31 Å². The zero-order valence-corrected chi connectivity index (χ0v) is 12.2. The van der Waals surface area contributed by atoms with Crippen LogP contribution < -0.4 is 5.32 Å². The lowest BCUT2D eigenvalue weighted by molar-refractivity contribution is 0.503. The molecule has 0 bridgehead atoms. The van der Waals surface area contributed by atoms with Gasteiger partial charge in [-0.1, -0.05) is 25.0 Å². The number of hydrogen-bond acceptors (Lipinski definition) is 3. The Balaban J connectivity index is 2.78. The molecule has 0 aliphatic heterocycles. The van der Waals surface area contributed by atoms with Gasteiger partial charge in [-0.15, -0.1) is 6.42 Å². The van der Waals surface area contributed by atoms with Crippen molar-refractivity contribution in [2.75, 3.05) is 26.7 Å². The number of nitrogens with one attached hydrogen (secondary N) is 1. The van der Waals surface area contributed by atoms with Crippen molar-refractivity contribution in [2.24, 2.45) is 0 Å². The summed E-state index contributed by atoms with van der Waals surface area (Å²) < 4.78 is 25.4. The second-order valence-electron chi connectivity index (χ2n) is 4.21. The van der Waals surface area contributed by atoms with Gasteiger partial charge in [0.15, 0.2) is 0 Å². The van der Waals surface area contributed by atoms with E-state index in [1.165, 1.54) is 11.4 Å². The van der Waals surface area contributed by atoms with E-state index in [2.05, 4.69) is 18.2 Å². The van der Waals surface area contributed by atoms with Crippen LogP contribution in [0.25, 0.3) is 0 Å². The lowest BCUT2D eigenvalue weighted by Crippen LogP contribution is -2.27. The molecule has 0 fully saturated rings. The zero-order chi connectivity index (χ0) is 14.3. The number of rotatable bonds is 7. The smallest absolute Gasteiger partial charge is 0.243 e. The van der Waals surface area contributed by atoms with Gasteiger partial charge in [0.1, 0.15) is 0 Å². The molecule has 0 aliphatic carbocycles. The van der Waals surface area contributed by atoms with E-state index in [1.807, 2.05) is 12.1 Å². The normalized spacial score (nSPS) is 11.5. The van der Waals surface area contributed by atoms with Gasteiger partial charge >= 0.3 is 0 Å². The van der Waals surface area contributed by atoms with Crippen LogP contribution in [0, 0.1) is 12.3 Å². The predicted octanol–water partition coefficient (Wildman–Crippen LogP) is 1.09. The molecule has 0 aromatic heterocycles. The van der Waals surface area contributed by atoms with E-state index in [4.69, 9.17) is 6.42 Å². The summed E-state index contributed by atoms with van der Waals surface area (Å²) in [6.07, 6.45) is 6.02. The average Bonchev–Trinajstić information content (AvgIpc) is 2.40. The zero-order valence-electron chi connectivity index (χ0n) is 11.4. The molecule has 1 aromatic rings. The Morgan fingerprint density at radius 2 is 1.95 bits per heavy atom. The highest BCUT2D eigenvalue weighted by Crippen LogP contribution is 2.15. The third-order valence-electron chi connectivity index (χ3n) is 2.79. The number of sulfonamides is 1. The van der Waals surface area contributed by atoms with Crippen molar-refractivity contribution in [1.82, 2.24) is 9.62 Å². The van der Waals surface area contributed by atoms with Crippen LogP contribution in [0.1, 0.15) is 12.5 Å². The Labute approximate surface area is 115 Å². The molecule has 4 nitrogen and oxygen atoms in total. The monoisotopic (exact) mass is 280 g/mol. The number of hydrogen-bond donors (Lipinski definition) is 1. The fourth-order valence-corrected chi connectivity index (χ4v) is 2.72. The van der Waals surface area contributed by atoms with Crippen LogP contribution in [0.15, 0.2) is 29.2 Å². The fourth-order valence-electron chi connectivity index (χ4n) is 1.63. The second kappa shape index (κ2) is 7.29. The first-order valence-electron chi connectivity index (χ1n) is 6.21. The van der Waals surface area contributed by atoms with E-state index in [0.29, 0.717) is 0 Å². The second-order valence-corrected chi connectivity index (χ2v) is 6.26. The van der Waals surface area contributed by atoms with Crippen molar-refractivity contribution in [1.29, 1.82) is 0 Å². The van der Waals surface area contributed by atoms with Crippen LogP contribution in [0.5, 0.6) is 0 Å². The molecule has 1 N–H and O–H groups in total. The molecule has 0 saturated carbocycles. The minimum atomic E-state index is -3.47. The third kappa shape index (κ3) is 4.35. The number of terminal acetylenes is 1. The number of likely N-dealkylation sites (N-methyl/N-ethyl adjacent to an activating group) is 1. The van der Waals surface area contributed by atoms with Crippen LogP contribution in [0.2, 0.25) is 0 Å². The van der Waals surface area contributed by atoms with Gasteiger partial charge in [-0.25, -0.2) is 8.42 Å². The Hall–Kier alpha value is -1.35. The van der Waals surface area contributed by atoms with Gasteiger partial charge in [-0.3, -0.25) is 0 Å². The first kappa shape index (κ1) is 15.7. The van der Waals surface area contributed by atoms with Gasteiger partial charge in [0.05, 0.1) is 11.4 Å². The summed E-state index contributed by atoms with van der Waals surface area (Å²) in [5, 5.41) is 3.23. The van der Waals surface area contributed by atoms with Gasteiger partial charge in [0.2, 0.25) is 10.0 Å². The van der Waals surface area contributed by atoms with Crippen LogP contribution in [0.4, 0.5) is 0 Å². The van der Waals surface area contributed by atoms with Crippen molar-refractivity contribution in [2.45, 2.75) is 18.2 Å². The van der Waals surface area contributed by atoms with Crippen LogP contribution in [-0.4, -0.2) is 39.4 Å². The summed E-state index contributed by atoms with van der Waals surface area (Å²) in [6.45, 7) is 3.95. The highest BCUT2D eigenvalue weighted by atomic mass is 32.2. The number of nitrogens with zero attached hydrogens (tertiary/aromatic N) is 1. The Kier molecular flexibility index (Phi) is 6.03. The molecule has 0 amide bonds. The molecular formula is C14H20N2O2S. The summed E-state index contributed by atoms with van der Waals surface area (Å²) in [7, 11) is -1.99. The van der Waals surface area contributed by atoms with Crippen molar-refractivity contribution >= 4 is 10.0 Å². The fraction of sp³-hybridized carbons (Fsp3) is 0.429. The van der Waals surface area contributed by atoms with E-state index < -0.39 is 10.0 Å². The molecule has 5 heteroatoms. The summed E-state index contributed by atoms with van der Waals surface area (Å²) in [6, 6.07) is 6.94. The van der Waals surface area contributed by atoms with Crippen LogP contribution in [0.3, 0.4) is 0 Å². The maximum atomic E-state index is 12.1. The lowest BCUT2D eigenvalue weighted by atomic mass is 10.1. The first-order chi connectivity index (χ1) is 9.02. The molecule has 0 radical (unpaired) electrons. The summed E-state index contributed by atoms with van der Waals surface area (Å²) in [4.78, 5) is 0.275. The minimum absolute atomic E-state index is 0.0739. The van der Waals surface area contributed by atoms with E-state index in [1.54, 1.807) is 12.1 Å². The van der Waals surface area contributed by atoms with E-state index in [-0.39, 0.29) is 11.4 Å². The Morgan fingerprint density at radius 1 is 1.32 bits per heavy atom. The first-order valence-corrected chi connectivity index (χ1v) is 7.65. The molecule has 0 heterocycles. The number of benzene rings is 1. The van der Waals surface area contributed by atoms with Crippen molar-refractivity contribution < 1.29 is 8.42 Å². The largest absolute Gasteiger partial charge is 0.317 e. The van der Waals surface area contributed by atoms with Crippen molar-refractivity contribution in [3.8, 4) is 12.3 Å². The molecular weight excluding hydrogens is 260 g/mol. The maximum Gasteiger partial charge on any atom is 0.243 e. The SMILES string of the molecule is C#CCN(C)S(=O)(=O)c1ccc(CCNCC)cc1. The van der Waals surface area contributed by atoms with Gasteiger partial charge in [0.25, 0.3) is 0 Å².